The number of hydrogen-bond acceptors (Lipinski definition) is 3. The maximum absolute atomic E-state index is 12.9. The van der Waals surface area contributed by atoms with Crippen molar-refractivity contribution in [2.45, 2.75) is 25.9 Å². The molecule has 0 radical (unpaired) electrons. The Kier molecular flexibility index (Phi) is 4.67. The highest BCUT2D eigenvalue weighted by Crippen LogP contribution is 2.25. The first-order chi connectivity index (χ1) is 12.7. The minimum atomic E-state index is -0.0759. The molecule has 3 aromatic rings. The van der Waals surface area contributed by atoms with E-state index in [1.807, 2.05) is 42.5 Å². The normalized spacial score (nSPS) is 16.7. The van der Waals surface area contributed by atoms with E-state index in [4.69, 9.17) is 9.72 Å². The quantitative estimate of drug-likeness (QED) is 0.773. The van der Waals surface area contributed by atoms with Crippen molar-refractivity contribution in [2.75, 3.05) is 13.2 Å². The molecule has 0 saturated carbocycles. The van der Waals surface area contributed by atoms with E-state index < -0.39 is 0 Å². The van der Waals surface area contributed by atoms with E-state index in [0.717, 1.165) is 41.6 Å². The maximum atomic E-state index is 12.9. The third-order valence-corrected chi connectivity index (χ3v) is 4.79. The molecule has 0 spiro atoms. The van der Waals surface area contributed by atoms with Gasteiger partial charge in [-0.25, -0.2) is 4.98 Å². The van der Waals surface area contributed by atoms with Gasteiger partial charge >= 0.3 is 0 Å². The molecular formula is C22H22N2O2. The molecule has 4 heteroatoms. The van der Waals surface area contributed by atoms with Crippen molar-refractivity contribution < 1.29 is 9.53 Å². The summed E-state index contributed by atoms with van der Waals surface area (Å²) < 4.78 is 5.61. The van der Waals surface area contributed by atoms with Crippen molar-refractivity contribution in [3.05, 3.63) is 65.7 Å². The van der Waals surface area contributed by atoms with Crippen LogP contribution in [0.5, 0.6) is 0 Å². The Hall–Kier alpha value is -2.72. The van der Waals surface area contributed by atoms with E-state index in [1.165, 1.54) is 5.56 Å². The average Bonchev–Trinajstić information content (AvgIpc) is 3.19. The third kappa shape index (κ3) is 3.46. The van der Waals surface area contributed by atoms with Gasteiger partial charge < -0.3 is 10.1 Å². The number of aryl methyl sites for hydroxylation is 1. The first-order valence-electron chi connectivity index (χ1n) is 9.07. The lowest BCUT2D eigenvalue weighted by Crippen LogP contribution is -2.31. The second-order valence-corrected chi connectivity index (χ2v) is 6.79. The Labute approximate surface area is 153 Å². The number of ether oxygens (including phenoxy) is 1. The lowest BCUT2D eigenvalue weighted by Gasteiger charge is -2.13. The highest BCUT2D eigenvalue weighted by molar-refractivity contribution is 6.07. The smallest absolute Gasteiger partial charge is 0.252 e. The monoisotopic (exact) mass is 346 g/mol. The van der Waals surface area contributed by atoms with Crippen LogP contribution in [0.3, 0.4) is 0 Å². The molecule has 1 saturated heterocycles. The number of nitrogens with one attached hydrogen (secondary N) is 1. The summed E-state index contributed by atoms with van der Waals surface area (Å²) in [6.07, 6.45) is 2.20. The van der Waals surface area contributed by atoms with Crippen LogP contribution < -0.4 is 5.32 Å². The fourth-order valence-corrected chi connectivity index (χ4v) is 3.42. The van der Waals surface area contributed by atoms with Crippen molar-refractivity contribution in [3.8, 4) is 11.3 Å². The van der Waals surface area contributed by atoms with Gasteiger partial charge in [0, 0.05) is 24.1 Å². The Balaban J connectivity index is 1.71. The van der Waals surface area contributed by atoms with E-state index in [-0.39, 0.29) is 12.0 Å². The molecule has 1 fully saturated rings. The first-order valence-corrected chi connectivity index (χ1v) is 9.07. The van der Waals surface area contributed by atoms with E-state index in [9.17, 15) is 4.79 Å². The Morgan fingerprint density at radius 1 is 1.19 bits per heavy atom. The Morgan fingerprint density at radius 3 is 2.88 bits per heavy atom. The SMILES string of the molecule is Cc1cccc(-c2cc(C(=O)NCC3CCCO3)c3ccccc3n2)c1. The predicted octanol–water partition coefficient (Wildman–Crippen LogP) is 4.12. The lowest BCUT2D eigenvalue weighted by molar-refractivity contribution is 0.0859. The molecule has 4 rings (SSSR count). The van der Waals surface area contributed by atoms with E-state index in [0.29, 0.717) is 12.1 Å². The number of fused-ring (bicyclic) bond motifs is 1. The van der Waals surface area contributed by atoms with Crippen molar-refractivity contribution in [2.24, 2.45) is 0 Å². The molecule has 1 aliphatic rings. The third-order valence-electron chi connectivity index (χ3n) is 4.79. The number of para-hydroxylation sites is 1. The molecule has 2 heterocycles. The number of carbonyl (C=O) groups is 1. The topological polar surface area (TPSA) is 51.2 Å². The van der Waals surface area contributed by atoms with Gasteiger partial charge in [0.1, 0.15) is 0 Å². The summed E-state index contributed by atoms with van der Waals surface area (Å²) in [5.74, 6) is -0.0759. The Bertz CT molecular complexity index is 946. The number of rotatable bonds is 4. The van der Waals surface area contributed by atoms with Gasteiger partial charge in [-0.05, 0) is 38.0 Å². The molecule has 1 aromatic heterocycles. The molecule has 1 unspecified atom stereocenters. The second kappa shape index (κ2) is 7.26. The predicted molar refractivity (Wildman–Crippen MR) is 103 cm³/mol. The lowest BCUT2D eigenvalue weighted by atomic mass is 10.0. The fraction of sp³-hybridized carbons (Fsp3) is 0.273. The standard InChI is InChI=1S/C22H22N2O2/c1-15-6-4-7-16(12-15)21-13-19(18-9-2-3-10-20(18)24-21)22(25)23-14-17-8-5-11-26-17/h2-4,6-7,9-10,12-13,17H,5,8,11,14H2,1H3,(H,23,25). The van der Waals surface area contributed by atoms with Crippen LogP contribution in [0.4, 0.5) is 0 Å². The Morgan fingerprint density at radius 2 is 2.08 bits per heavy atom. The van der Waals surface area contributed by atoms with Crippen LogP contribution >= 0.6 is 0 Å². The summed E-state index contributed by atoms with van der Waals surface area (Å²) in [6, 6.07) is 17.9. The van der Waals surface area contributed by atoms with Gasteiger partial charge in [0.05, 0.1) is 22.9 Å². The van der Waals surface area contributed by atoms with E-state index in [1.54, 1.807) is 0 Å². The molecule has 1 N–H and O–H groups in total. The summed E-state index contributed by atoms with van der Waals surface area (Å²) in [6.45, 7) is 3.39. The van der Waals surface area contributed by atoms with Crippen LogP contribution in [0.25, 0.3) is 22.2 Å². The van der Waals surface area contributed by atoms with Crippen LogP contribution in [0.15, 0.2) is 54.6 Å². The summed E-state index contributed by atoms with van der Waals surface area (Å²) in [4.78, 5) is 17.6. The van der Waals surface area contributed by atoms with Crippen LogP contribution in [0.1, 0.15) is 28.8 Å². The molecule has 1 amide bonds. The molecule has 26 heavy (non-hydrogen) atoms. The van der Waals surface area contributed by atoms with Gasteiger partial charge in [-0.2, -0.15) is 0 Å². The van der Waals surface area contributed by atoms with Gasteiger partial charge in [0.25, 0.3) is 5.91 Å². The highest BCUT2D eigenvalue weighted by atomic mass is 16.5. The molecular weight excluding hydrogens is 324 g/mol. The molecule has 0 aliphatic carbocycles. The molecule has 2 aromatic carbocycles. The summed E-state index contributed by atoms with van der Waals surface area (Å²) in [5.41, 5.74) is 4.49. The molecule has 132 valence electrons. The number of benzene rings is 2. The second-order valence-electron chi connectivity index (χ2n) is 6.79. The van der Waals surface area contributed by atoms with Crippen LogP contribution in [0, 0.1) is 6.92 Å². The molecule has 0 bridgehead atoms. The van der Waals surface area contributed by atoms with Gasteiger partial charge in [-0.15, -0.1) is 0 Å². The van der Waals surface area contributed by atoms with E-state index >= 15 is 0 Å². The summed E-state index contributed by atoms with van der Waals surface area (Å²) >= 11 is 0. The van der Waals surface area contributed by atoms with Crippen LogP contribution in [-0.2, 0) is 4.74 Å². The largest absolute Gasteiger partial charge is 0.376 e. The van der Waals surface area contributed by atoms with Crippen LogP contribution in [0.2, 0.25) is 0 Å². The van der Waals surface area contributed by atoms with Crippen molar-refractivity contribution in [3.63, 3.8) is 0 Å². The minimum absolute atomic E-state index is 0.0759. The van der Waals surface area contributed by atoms with Crippen LogP contribution in [-0.4, -0.2) is 30.1 Å². The van der Waals surface area contributed by atoms with Gasteiger partial charge in [0.15, 0.2) is 0 Å². The summed E-state index contributed by atoms with van der Waals surface area (Å²) in [7, 11) is 0. The zero-order valence-corrected chi connectivity index (χ0v) is 14.9. The van der Waals surface area contributed by atoms with Crippen molar-refractivity contribution in [1.82, 2.24) is 10.3 Å². The number of carbonyl (C=O) groups excluding carboxylic acids is 1. The van der Waals surface area contributed by atoms with Gasteiger partial charge in [-0.1, -0.05) is 42.0 Å². The first kappa shape index (κ1) is 16.7. The zero-order valence-electron chi connectivity index (χ0n) is 14.9. The molecule has 1 aliphatic heterocycles. The van der Waals surface area contributed by atoms with Gasteiger partial charge in [0.2, 0.25) is 0 Å². The van der Waals surface area contributed by atoms with Crippen molar-refractivity contribution in [1.29, 1.82) is 0 Å². The number of nitrogens with zero attached hydrogens (tertiary/aromatic N) is 1. The molecule has 1 atom stereocenters. The van der Waals surface area contributed by atoms with Gasteiger partial charge in [-0.3, -0.25) is 4.79 Å². The van der Waals surface area contributed by atoms with E-state index in [2.05, 4.69) is 24.4 Å². The number of aromatic nitrogens is 1. The number of hydrogen-bond donors (Lipinski definition) is 1. The fourth-order valence-electron chi connectivity index (χ4n) is 3.42. The molecule has 4 nitrogen and oxygen atoms in total. The number of pyridine rings is 1. The van der Waals surface area contributed by atoms with Crippen molar-refractivity contribution >= 4 is 16.8 Å². The minimum Gasteiger partial charge on any atom is -0.376 e. The number of amides is 1. The summed E-state index contributed by atoms with van der Waals surface area (Å²) in [5, 5.41) is 3.90. The highest BCUT2D eigenvalue weighted by Gasteiger charge is 2.18. The zero-order chi connectivity index (χ0) is 17.9. The maximum Gasteiger partial charge on any atom is 0.252 e. The average molecular weight is 346 g/mol.